The molecule has 5 heteroatoms. The summed E-state index contributed by atoms with van der Waals surface area (Å²) in [5.41, 5.74) is 0. The molecule has 2 amide bonds. The van der Waals surface area contributed by atoms with Gasteiger partial charge >= 0.3 is 6.03 Å². The zero-order valence-electron chi connectivity index (χ0n) is 8.25. The highest BCUT2D eigenvalue weighted by Crippen LogP contribution is 2.00. The molecule has 76 valence electrons. The SMILES string of the molecule is CCNC(=O)N1CCN(OC)CC1. The monoisotopic (exact) mass is 187 g/mol. The van der Waals surface area contributed by atoms with Gasteiger partial charge in [-0.05, 0) is 6.92 Å². The van der Waals surface area contributed by atoms with E-state index in [4.69, 9.17) is 4.84 Å². The van der Waals surface area contributed by atoms with Crippen molar-refractivity contribution >= 4 is 6.03 Å². The van der Waals surface area contributed by atoms with Crippen molar-refractivity contribution in [2.75, 3.05) is 39.8 Å². The van der Waals surface area contributed by atoms with Crippen molar-refractivity contribution < 1.29 is 9.63 Å². The molecule has 1 rings (SSSR count). The van der Waals surface area contributed by atoms with Crippen molar-refractivity contribution in [3.63, 3.8) is 0 Å². The number of carbonyl (C=O) groups is 1. The van der Waals surface area contributed by atoms with E-state index in [1.165, 1.54) is 0 Å². The molecule has 0 aromatic heterocycles. The van der Waals surface area contributed by atoms with Gasteiger partial charge in [0.25, 0.3) is 0 Å². The van der Waals surface area contributed by atoms with Gasteiger partial charge in [-0.25, -0.2) is 4.79 Å². The van der Waals surface area contributed by atoms with Crippen LogP contribution in [0.4, 0.5) is 4.79 Å². The Bertz CT molecular complexity index is 167. The Morgan fingerprint density at radius 1 is 1.38 bits per heavy atom. The van der Waals surface area contributed by atoms with Crippen molar-refractivity contribution in [2.45, 2.75) is 6.92 Å². The normalized spacial score (nSPS) is 18.8. The third kappa shape index (κ3) is 2.86. The molecule has 0 radical (unpaired) electrons. The second-order valence-corrected chi connectivity index (χ2v) is 2.93. The molecule has 1 saturated heterocycles. The molecular formula is C8H17N3O2. The van der Waals surface area contributed by atoms with Crippen LogP contribution in [0.25, 0.3) is 0 Å². The van der Waals surface area contributed by atoms with Crippen LogP contribution in [0.1, 0.15) is 6.92 Å². The van der Waals surface area contributed by atoms with E-state index in [-0.39, 0.29) is 6.03 Å². The van der Waals surface area contributed by atoms with E-state index in [1.54, 1.807) is 12.0 Å². The molecule has 0 aliphatic carbocycles. The van der Waals surface area contributed by atoms with Gasteiger partial charge in [-0.2, -0.15) is 5.06 Å². The summed E-state index contributed by atoms with van der Waals surface area (Å²) in [4.78, 5) is 18.2. The summed E-state index contributed by atoms with van der Waals surface area (Å²) in [5, 5.41) is 4.63. The average Bonchev–Trinajstić information content (AvgIpc) is 2.18. The summed E-state index contributed by atoms with van der Waals surface area (Å²) in [5.74, 6) is 0. The van der Waals surface area contributed by atoms with E-state index in [9.17, 15) is 4.79 Å². The number of rotatable bonds is 2. The topological polar surface area (TPSA) is 44.8 Å². The molecule has 0 saturated carbocycles. The summed E-state index contributed by atoms with van der Waals surface area (Å²) in [6.45, 7) is 5.65. The molecule has 0 aromatic rings. The zero-order chi connectivity index (χ0) is 9.68. The highest BCUT2D eigenvalue weighted by atomic mass is 16.7. The van der Waals surface area contributed by atoms with Gasteiger partial charge in [0.15, 0.2) is 0 Å². The first-order chi connectivity index (χ1) is 6.27. The van der Waals surface area contributed by atoms with Crippen molar-refractivity contribution in [3.8, 4) is 0 Å². The number of nitrogens with one attached hydrogen (secondary N) is 1. The average molecular weight is 187 g/mol. The third-order valence-electron chi connectivity index (χ3n) is 2.11. The standard InChI is InChI=1S/C8H17N3O2/c1-3-9-8(12)10-4-6-11(13-2)7-5-10/h3-7H2,1-2H3,(H,9,12). The second-order valence-electron chi connectivity index (χ2n) is 2.93. The lowest BCUT2D eigenvalue weighted by atomic mass is 10.4. The maximum Gasteiger partial charge on any atom is 0.317 e. The molecule has 1 fully saturated rings. The summed E-state index contributed by atoms with van der Waals surface area (Å²) in [6, 6.07) is 0.0262. The molecule has 0 bridgehead atoms. The Labute approximate surface area is 78.6 Å². The fourth-order valence-electron chi connectivity index (χ4n) is 1.34. The van der Waals surface area contributed by atoms with Gasteiger partial charge < -0.3 is 15.1 Å². The molecule has 1 N–H and O–H groups in total. The van der Waals surface area contributed by atoms with Crippen LogP contribution in [0.15, 0.2) is 0 Å². The molecule has 0 spiro atoms. The van der Waals surface area contributed by atoms with Crippen LogP contribution < -0.4 is 5.32 Å². The summed E-state index contributed by atoms with van der Waals surface area (Å²) >= 11 is 0. The summed E-state index contributed by atoms with van der Waals surface area (Å²) < 4.78 is 0. The van der Waals surface area contributed by atoms with Gasteiger partial charge in [0.2, 0.25) is 0 Å². The van der Waals surface area contributed by atoms with E-state index >= 15 is 0 Å². The van der Waals surface area contributed by atoms with Gasteiger partial charge in [-0.1, -0.05) is 0 Å². The molecular weight excluding hydrogens is 170 g/mol. The van der Waals surface area contributed by atoms with Crippen LogP contribution in [-0.4, -0.2) is 55.8 Å². The number of nitrogens with zero attached hydrogens (tertiary/aromatic N) is 2. The van der Waals surface area contributed by atoms with Crippen molar-refractivity contribution in [1.82, 2.24) is 15.3 Å². The quantitative estimate of drug-likeness (QED) is 0.656. The van der Waals surface area contributed by atoms with Crippen molar-refractivity contribution in [1.29, 1.82) is 0 Å². The Balaban J connectivity index is 2.28. The number of amides is 2. The fraction of sp³-hybridized carbons (Fsp3) is 0.875. The molecule has 5 nitrogen and oxygen atoms in total. The molecule has 0 atom stereocenters. The van der Waals surface area contributed by atoms with Crippen LogP contribution in [0.5, 0.6) is 0 Å². The first-order valence-electron chi connectivity index (χ1n) is 4.59. The Hall–Kier alpha value is -0.810. The van der Waals surface area contributed by atoms with Crippen LogP contribution in [0, 0.1) is 0 Å². The van der Waals surface area contributed by atoms with Gasteiger partial charge in [0.05, 0.1) is 7.11 Å². The summed E-state index contributed by atoms with van der Waals surface area (Å²) in [7, 11) is 1.65. The molecule has 1 heterocycles. The summed E-state index contributed by atoms with van der Waals surface area (Å²) in [6.07, 6.45) is 0. The minimum atomic E-state index is 0.0262. The molecule has 0 unspecified atom stereocenters. The smallest absolute Gasteiger partial charge is 0.317 e. The molecule has 0 aromatic carbocycles. The van der Waals surface area contributed by atoms with E-state index in [1.807, 2.05) is 12.0 Å². The van der Waals surface area contributed by atoms with Crippen molar-refractivity contribution in [3.05, 3.63) is 0 Å². The Kier molecular flexibility index (Phi) is 3.98. The lowest BCUT2D eigenvalue weighted by Gasteiger charge is -2.32. The highest BCUT2D eigenvalue weighted by Gasteiger charge is 2.19. The number of hydrogen-bond acceptors (Lipinski definition) is 3. The van der Waals surface area contributed by atoms with Gasteiger partial charge in [-0.3, -0.25) is 0 Å². The minimum Gasteiger partial charge on any atom is -0.338 e. The van der Waals surface area contributed by atoms with E-state index in [0.29, 0.717) is 6.54 Å². The first-order valence-corrected chi connectivity index (χ1v) is 4.59. The van der Waals surface area contributed by atoms with Crippen molar-refractivity contribution in [2.24, 2.45) is 0 Å². The number of hydrogen-bond donors (Lipinski definition) is 1. The number of urea groups is 1. The number of piperazine rings is 1. The molecule has 1 aliphatic heterocycles. The maximum atomic E-state index is 11.3. The van der Waals surface area contributed by atoms with E-state index < -0.39 is 0 Å². The highest BCUT2D eigenvalue weighted by molar-refractivity contribution is 5.74. The molecule has 1 aliphatic rings. The van der Waals surface area contributed by atoms with E-state index in [0.717, 1.165) is 26.2 Å². The largest absolute Gasteiger partial charge is 0.338 e. The zero-order valence-corrected chi connectivity index (χ0v) is 8.25. The van der Waals surface area contributed by atoms with Gasteiger partial charge in [0, 0.05) is 32.7 Å². The lowest BCUT2D eigenvalue weighted by molar-refractivity contribution is -0.147. The third-order valence-corrected chi connectivity index (χ3v) is 2.11. The Morgan fingerprint density at radius 2 is 2.00 bits per heavy atom. The maximum absolute atomic E-state index is 11.3. The number of carbonyl (C=O) groups excluding carboxylic acids is 1. The Morgan fingerprint density at radius 3 is 2.46 bits per heavy atom. The minimum absolute atomic E-state index is 0.0262. The van der Waals surface area contributed by atoms with Crippen LogP contribution in [0.3, 0.4) is 0 Å². The predicted molar refractivity (Wildman–Crippen MR) is 49.2 cm³/mol. The van der Waals surface area contributed by atoms with Crippen LogP contribution in [0.2, 0.25) is 0 Å². The number of hydroxylamine groups is 2. The predicted octanol–water partition coefficient (Wildman–Crippen LogP) is -0.105. The molecule has 13 heavy (non-hydrogen) atoms. The lowest BCUT2D eigenvalue weighted by Crippen LogP contribution is -2.51. The van der Waals surface area contributed by atoms with Crippen LogP contribution >= 0.6 is 0 Å². The van der Waals surface area contributed by atoms with E-state index in [2.05, 4.69) is 5.32 Å². The van der Waals surface area contributed by atoms with Gasteiger partial charge in [-0.15, -0.1) is 0 Å². The van der Waals surface area contributed by atoms with Gasteiger partial charge in [0.1, 0.15) is 0 Å². The first kappa shape index (κ1) is 10.3. The second kappa shape index (κ2) is 5.04. The van der Waals surface area contributed by atoms with Crippen LogP contribution in [-0.2, 0) is 4.84 Å². The fourth-order valence-corrected chi connectivity index (χ4v) is 1.34.